The van der Waals surface area contributed by atoms with Gasteiger partial charge in [0.15, 0.2) is 5.82 Å². The van der Waals surface area contributed by atoms with Gasteiger partial charge in [0.2, 0.25) is 10.6 Å². The summed E-state index contributed by atoms with van der Waals surface area (Å²) in [7, 11) is 42.8. The Morgan fingerprint density at radius 3 is 1.57 bits per heavy atom. The normalized spacial score (nSPS) is 11.5. The zero-order chi connectivity index (χ0) is 20.5. The highest BCUT2D eigenvalue weighted by molar-refractivity contribution is 6.69. The lowest BCUT2D eigenvalue weighted by Gasteiger charge is -2.15. The highest BCUT2D eigenvalue weighted by Gasteiger charge is 2.22. The van der Waals surface area contributed by atoms with Crippen molar-refractivity contribution in [3.8, 4) is 11.4 Å². The first-order valence-corrected chi connectivity index (χ1v) is 8.40. The lowest BCUT2D eigenvalue weighted by Crippen LogP contribution is -2.47. The van der Waals surface area contributed by atoms with Gasteiger partial charge >= 0.3 is 0 Å². The fourth-order valence-corrected chi connectivity index (χ4v) is 3.44. The van der Waals surface area contributed by atoms with Crippen LogP contribution in [-0.4, -0.2) is 69.9 Å². The summed E-state index contributed by atoms with van der Waals surface area (Å²) in [6.07, 6.45) is 0. The molecule has 2 aromatic heterocycles. The van der Waals surface area contributed by atoms with Crippen LogP contribution in [0.2, 0.25) is 10.6 Å². The van der Waals surface area contributed by atoms with Crippen molar-refractivity contribution in [2.24, 2.45) is 0 Å². The van der Waals surface area contributed by atoms with Gasteiger partial charge in [0, 0.05) is 16.3 Å². The average molecular weight is 385 g/mol. The quantitative estimate of drug-likeness (QED) is 0.317. The van der Waals surface area contributed by atoms with Gasteiger partial charge in [0.25, 0.3) is 0 Å². The standard InChI is InChI=1S/C15B7Cl2N3O/c16-4-1-2-5(17)8(20)9(21)10(22)12(2)28-11(1)7(19)3(6(4)18)13-25-14(23)27-15(24)26-13. The molecule has 0 N–H and O–H groups in total. The maximum absolute atomic E-state index is 6.30. The SMILES string of the molecule is [B]c1c([B])c([B])c2c(oc3c([B])c(-c4nc(Cl)nc(Cl)n4)c([B])c([B])c32)c1[B]. The topological polar surface area (TPSA) is 51.8 Å². The molecule has 0 fully saturated rings. The van der Waals surface area contributed by atoms with Crippen molar-refractivity contribution in [2.75, 3.05) is 0 Å². The first kappa shape index (κ1) is 19.6. The lowest BCUT2D eigenvalue weighted by atomic mass is 9.64. The Balaban J connectivity index is 2.22. The molecule has 4 rings (SSSR count). The molecule has 14 radical (unpaired) electrons. The molecule has 4 aromatic rings. The van der Waals surface area contributed by atoms with E-state index in [0.29, 0.717) is 10.8 Å². The summed E-state index contributed by atoms with van der Waals surface area (Å²) in [5.41, 5.74) is 1.21. The Morgan fingerprint density at radius 2 is 1.00 bits per heavy atom. The maximum Gasteiger partial charge on any atom is 0.227 e. The third-order valence-corrected chi connectivity index (χ3v) is 4.78. The van der Waals surface area contributed by atoms with E-state index in [1.807, 2.05) is 0 Å². The van der Waals surface area contributed by atoms with Crippen molar-refractivity contribution in [3.63, 3.8) is 0 Å². The van der Waals surface area contributed by atoms with E-state index in [-0.39, 0.29) is 71.4 Å². The van der Waals surface area contributed by atoms with Crippen molar-refractivity contribution in [2.45, 2.75) is 0 Å². The van der Waals surface area contributed by atoms with Crippen LogP contribution < -0.4 is 38.2 Å². The molecule has 0 aliphatic rings. The second-order valence-electron chi connectivity index (χ2n) is 5.98. The third-order valence-electron chi connectivity index (χ3n) is 4.44. The Bertz CT molecular complexity index is 1310. The molecule has 0 aliphatic carbocycles. The molecule has 13 heteroatoms. The number of fused-ring (bicyclic) bond motifs is 3. The van der Waals surface area contributed by atoms with Gasteiger partial charge in [0.05, 0.1) is 0 Å². The average Bonchev–Trinajstić information content (AvgIpc) is 3.03. The minimum Gasteiger partial charge on any atom is -0.457 e. The molecular weight excluding hydrogens is 385 g/mol. The Hall–Kier alpha value is -1.72. The van der Waals surface area contributed by atoms with Gasteiger partial charge in [-0.15, -0.1) is 10.9 Å². The molecule has 0 amide bonds. The van der Waals surface area contributed by atoms with Crippen LogP contribution in [-0.2, 0) is 0 Å². The van der Waals surface area contributed by atoms with Gasteiger partial charge in [-0.25, -0.2) is 0 Å². The summed E-state index contributed by atoms with van der Waals surface area (Å²) in [5, 5.41) is 0.404. The van der Waals surface area contributed by atoms with Gasteiger partial charge in [-0.3, -0.25) is 0 Å². The first-order chi connectivity index (χ1) is 13.1. The number of nitrogens with zero attached hydrogens (tertiary/aromatic N) is 3. The second-order valence-corrected chi connectivity index (χ2v) is 6.65. The fraction of sp³-hybridized carbons (Fsp3) is 0. The van der Waals surface area contributed by atoms with Gasteiger partial charge in [0.1, 0.15) is 66.1 Å². The largest absolute Gasteiger partial charge is 0.457 e. The van der Waals surface area contributed by atoms with Crippen LogP contribution in [0.3, 0.4) is 0 Å². The molecule has 0 aliphatic heterocycles. The zero-order valence-electron chi connectivity index (χ0n) is 14.0. The molecule has 2 aromatic carbocycles. The van der Waals surface area contributed by atoms with E-state index in [9.17, 15) is 0 Å². The molecule has 28 heavy (non-hydrogen) atoms. The number of rotatable bonds is 1. The number of benzene rings is 2. The molecule has 0 atom stereocenters. The summed E-state index contributed by atoms with van der Waals surface area (Å²) in [4.78, 5) is 11.7. The summed E-state index contributed by atoms with van der Waals surface area (Å²) in [5.74, 6) is 0.0222. The summed E-state index contributed by atoms with van der Waals surface area (Å²) >= 11 is 11.7. The Labute approximate surface area is 179 Å². The van der Waals surface area contributed by atoms with Gasteiger partial charge in [-0.2, -0.15) is 15.0 Å². The second kappa shape index (κ2) is 6.67. The molecule has 0 unspecified atom stereocenters. The zero-order valence-corrected chi connectivity index (χ0v) is 15.6. The van der Waals surface area contributed by atoms with Crippen molar-refractivity contribution in [1.82, 2.24) is 15.0 Å². The number of aromatic nitrogens is 3. The highest BCUT2D eigenvalue weighted by atomic mass is 35.5. The van der Waals surface area contributed by atoms with E-state index in [0.717, 1.165) is 0 Å². The first-order valence-electron chi connectivity index (χ1n) is 7.65. The Kier molecular flexibility index (Phi) is 4.67. The van der Waals surface area contributed by atoms with E-state index in [1.54, 1.807) is 0 Å². The monoisotopic (exact) mass is 385 g/mol. The maximum atomic E-state index is 6.30. The predicted molar refractivity (Wildman–Crippen MR) is 120 cm³/mol. The minimum absolute atomic E-state index is 0.0222. The van der Waals surface area contributed by atoms with E-state index < -0.39 is 0 Å². The number of halogens is 2. The van der Waals surface area contributed by atoms with Crippen LogP contribution in [0.25, 0.3) is 33.3 Å². The lowest BCUT2D eigenvalue weighted by molar-refractivity contribution is 0.675. The van der Waals surface area contributed by atoms with Crippen LogP contribution >= 0.6 is 23.2 Å². The van der Waals surface area contributed by atoms with Crippen LogP contribution in [0.15, 0.2) is 4.42 Å². The van der Waals surface area contributed by atoms with Crippen molar-refractivity contribution in [1.29, 1.82) is 0 Å². The molecular formula is C15B7Cl2N3O. The smallest absolute Gasteiger partial charge is 0.227 e. The van der Waals surface area contributed by atoms with Crippen LogP contribution in [0.1, 0.15) is 0 Å². The van der Waals surface area contributed by atoms with Gasteiger partial charge < -0.3 is 4.42 Å². The molecule has 0 spiro atoms. The van der Waals surface area contributed by atoms with E-state index in [2.05, 4.69) is 15.0 Å². The summed E-state index contributed by atoms with van der Waals surface area (Å²) < 4.78 is 5.85. The fourth-order valence-electron chi connectivity index (χ4n) is 3.08. The van der Waals surface area contributed by atoms with E-state index >= 15 is 0 Å². The minimum atomic E-state index is -0.147. The number of hydrogen-bond acceptors (Lipinski definition) is 4. The molecule has 0 saturated heterocycles. The van der Waals surface area contributed by atoms with E-state index in [1.165, 1.54) is 0 Å². The predicted octanol–water partition coefficient (Wildman–Crippen LogP) is -3.70. The molecule has 0 saturated carbocycles. The van der Waals surface area contributed by atoms with E-state index in [4.69, 9.17) is 82.5 Å². The Morgan fingerprint density at radius 1 is 0.536 bits per heavy atom. The van der Waals surface area contributed by atoms with Crippen LogP contribution in [0, 0.1) is 0 Å². The van der Waals surface area contributed by atoms with Crippen molar-refractivity contribution >= 4 is 138 Å². The highest BCUT2D eigenvalue weighted by Crippen LogP contribution is 2.25. The molecule has 116 valence electrons. The number of hydrogen-bond donors (Lipinski definition) is 0. The molecule has 0 bridgehead atoms. The van der Waals surface area contributed by atoms with Gasteiger partial charge in [-0.05, 0) is 28.7 Å². The summed E-state index contributed by atoms with van der Waals surface area (Å²) in [6, 6.07) is 0. The van der Waals surface area contributed by atoms with Gasteiger partial charge in [-0.1, -0.05) is 21.9 Å². The summed E-state index contributed by atoms with van der Waals surface area (Å²) in [6.45, 7) is 0. The number of furan rings is 1. The van der Waals surface area contributed by atoms with Crippen molar-refractivity contribution in [3.05, 3.63) is 10.6 Å². The van der Waals surface area contributed by atoms with Crippen LogP contribution in [0.5, 0.6) is 0 Å². The van der Waals surface area contributed by atoms with Crippen LogP contribution in [0.4, 0.5) is 0 Å². The molecule has 2 heterocycles. The molecule has 4 nitrogen and oxygen atoms in total. The van der Waals surface area contributed by atoms with Crippen molar-refractivity contribution < 1.29 is 4.42 Å². The third kappa shape index (κ3) is 2.67.